The van der Waals surface area contributed by atoms with Crippen LogP contribution < -0.4 is 5.76 Å². The van der Waals surface area contributed by atoms with E-state index < -0.39 is 11.9 Å². The molecule has 16 heavy (non-hydrogen) atoms. The number of aromatic nitrogens is 2. The largest absolute Gasteiger partial charge is 0.439 e. The number of H-pyrrole nitrogens is 1. The van der Waals surface area contributed by atoms with Gasteiger partial charge in [0.15, 0.2) is 5.82 Å². The molecule has 2 rings (SSSR count). The maximum absolute atomic E-state index is 10.9. The molecule has 1 aromatic heterocycles. The Bertz CT molecular complexity index is 489. The zero-order valence-electron chi connectivity index (χ0n) is 8.84. The van der Waals surface area contributed by atoms with Crippen molar-refractivity contribution < 1.29 is 9.26 Å². The predicted molar refractivity (Wildman–Crippen MR) is 57.0 cm³/mol. The molecular weight excluding hydrogens is 208 g/mol. The molecule has 1 aromatic carbocycles. The third kappa shape index (κ3) is 2.20. The number of hydrogen-bond donors (Lipinski definition) is 1. The first-order chi connectivity index (χ1) is 7.81. The highest BCUT2D eigenvalue weighted by Gasteiger charge is 2.18. The van der Waals surface area contributed by atoms with Crippen LogP contribution in [-0.4, -0.2) is 16.7 Å². The summed E-state index contributed by atoms with van der Waals surface area (Å²) in [6.45, 7) is 2.41. The monoisotopic (exact) mass is 220 g/mol. The van der Waals surface area contributed by atoms with Crippen LogP contribution in [0.25, 0.3) is 0 Å². The molecule has 84 valence electrons. The van der Waals surface area contributed by atoms with Crippen LogP contribution in [0.5, 0.6) is 0 Å². The number of hydrogen-bond acceptors (Lipinski definition) is 4. The summed E-state index contributed by atoms with van der Waals surface area (Å²) in [5, 5.41) is 3.64. The summed E-state index contributed by atoms with van der Waals surface area (Å²) in [5.41, 5.74) is 0.925. The Morgan fingerprint density at radius 3 is 2.75 bits per heavy atom. The quantitative estimate of drug-likeness (QED) is 0.847. The molecule has 5 nitrogen and oxygen atoms in total. The third-order valence-electron chi connectivity index (χ3n) is 2.14. The Hall–Kier alpha value is -1.88. The van der Waals surface area contributed by atoms with Gasteiger partial charge in [0.1, 0.15) is 6.10 Å². The minimum atomic E-state index is -0.573. The van der Waals surface area contributed by atoms with Crippen LogP contribution in [0.15, 0.2) is 39.6 Å². The van der Waals surface area contributed by atoms with Gasteiger partial charge in [0.05, 0.1) is 0 Å². The summed E-state index contributed by atoms with van der Waals surface area (Å²) in [5.74, 6) is -0.186. The summed E-state index contributed by atoms with van der Waals surface area (Å²) in [6, 6.07) is 9.54. The first-order valence-electron chi connectivity index (χ1n) is 5.03. The van der Waals surface area contributed by atoms with E-state index in [0.717, 1.165) is 5.56 Å². The van der Waals surface area contributed by atoms with E-state index in [2.05, 4.69) is 14.7 Å². The lowest BCUT2D eigenvalue weighted by molar-refractivity contribution is 0.0833. The standard InChI is InChI=1S/C11H12N2O3/c1-2-15-9(8-6-4-3-5-7-8)10-12-11(14)16-13-10/h3-7,9H,2H2,1H3,(H,12,13,14). The molecule has 5 heteroatoms. The molecule has 1 N–H and O–H groups in total. The average Bonchev–Trinajstić information content (AvgIpc) is 2.74. The normalized spacial score (nSPS) is 12.6. The summed E-state index contributed by atoms with van der Waals surface area (Å²) >= 11 is 0. The summed E-state index contributed by atoms with van der Waals surface area (Å²) in [4.78, 5) is 13.4. The second-order valence-corrected chi connectivity index (χ2v) is 3.23. The lowest BCUT2D eigenvalue weighted by atomic mass is 10.1. The van der Waals surface area contributed by atoms with Crippen LogP contribution >= 0.6 is 0 Å². The smallest absolute Gasteiger partial charge is 0.366 e. The van der Waals surface area contributed by atoms with Crippen molar-refractivity contribution in [3.63, 3.8) is 0 Å². The number of rotatable bonds is 4. The van der Waals surface area contributed by atoms with Gasteiger partial charge in [-0.25, -0.2) is 4.79 Å². The number of nitrogens with zero attached hydrogens (tertiary/aromatic N) is 1. The van der Waals surface area contributed by atoms with Gasteiger partial charge in [-0.15, -0.1) is 0 Å². The van der Waals surface area contributed by atoms with Crippen molar-refractivity contribution in [2.75, 3.05) is 6.61 Å². The Morgan fingerprint density at radius 1 is 1.44 bits per heavy atom. The number of nitrogens with one attached hydrogen (secondary N) is 1. The van der Waals surface area contributed by atoms with E-state index in [1.54, 1.807) is 0 Å². The summed E-state index contributed by atoms with van der Waals surface area (Å²) in [7, 11) is 0. The summed E-state index contributed by atoms with van der Waals surface area (Å²) in [6.07, 6.45) is -0.391. The molecule has 0 fully saturated rings. The van der Waals surface area contributed by atoms with Crippen LogP contribution in [0, 0.1) is 0 Å². The first kappa shape index (κ1) is 10.6. The molecule has 0 aliphatic carbocycles. The van der Waals surface area contributed by atoms with Gasteiger partial charge in [-0.3, -0.25) is 9.51 Å². The molecule has 0 aliphatic rings. The second kappa shape index (κ2) is 4.76. The average molecular weight is 220 g/mol. The summed E-state index contributed by atoms with van der Waals surface area (Å²) < 4.78 is 10.0. The molecule has 0 amide bonds. The van der Waals surface area contributed by atoms with Gasteiger partial charge in [0.2, 0.25) is 0 Å². The molecule has 0 radical (unpaired) electrons. The Morgan fingerprint density at radius 2 is 2.19 bits per heavy atom. The fourth-order valence-electron chi connectivity index (χ4n) is 1.48. The van der Waals surface area contributed by atoms with Crippen LogP contribution in [0.3, 0.4) is 0 Å². The SMILES string of the molecule is CCOC(c1ccccc1)c1noc(=O)[nH]1. The zero-order valence-corrected chi connectivity index (χ0v) is 8.84. The zero-order chi connectivity index (χ0) is 11.4. The third-order valence-corrected chi connectivity index (χ3v) is 2.14. The van der Waals surface area contributed by atoms with E-state index in [4.69, 9.17) is 4.74 Å². The fraction of sp³-hybridized carbons (Fsp3) is 0.273. The minimum Gasteiger partial charge on any atom is -0.366 e. The lowest BCUT2D eigenvalue weighted by Crippen LogP contribution is -2.09. The van der Waals surface area contributed by atoms with E-state index in [1.165, 1.54) is 0 Å². The van der Waals surface area contributed by atoms with Gasteiger partial charge in [0.25, 0.3) is 0 Å². The first-order valence-corrected chi connectivity index (χ1v) is 5.03. The number of ether oxygens (including phenoxy) is 1. The van der Waals surface area contributed by atoms with Crippen molar-refractivity contribution in [3.05, 3.63) is 52.3 Å². The van der Waals surface area contributed by atoms with Gasteiger partial charge in [0, 0.05) is 6.61 Å². The lowest BCUT2D eigenvalue weighted by Gasteiger charge is -2.13. The van der Waals surface area contributed by atoms with Crippen molar-refractivity contribution in [3.8, 4) is 0 Å². The minimum absolute atomic E-state index is 0.387. The van der Waals surface area contributed by atoms with Gasteiger partial charge >= 0.3 is 5.76 Å². The van der Waals surface area contributed by atoms with E-state index in [-0.39, 0.29) is 0 Å². The molecule has 1 heterocycles. The highest BCUT2D eigenvalue weighted by molar-refractivity contribution is 5.22. The van der Waals surface area contributed by atoms with Crippen molar-refractivity contribution >= 4 is 0 Å². The van der Waals surface area contributed by atoms with Crippen LogP contribution in [-0.2, 0) is 4.74 Å². The molecule has 0 bridgehead atoms. The highest BCUT2D eigenvalue weighted by atomic mass is 16.5. The van der Waals surface area contributed by atoms with Crippen LogP contribution in [0.4, 0.5) is 0 Å². The molecule has 2 aromatic rings. The number of aromatic amines is 1. The Kier molecular flexibility index (Phi) is 3.16. The molecule has 0 saturated carbocycles. The molecule has 1 atom stereocenters. The van der Waals surface area contributed by atoms with Crippen LogP contribution in [0.2, 0.25) is 0 Å². The van der Waals surface area contributed by atoms with Crippen molar-refractivity contribution in [1.29, 1.82) is 0 Å². The Balaban J connectivity index is 2.34. The van der Waals surface area contributed by atoms with E-state index in [1.807, 2.05) is 37.3 Å². The van der Waals surface area contributed by atoms with E-state index >= 15 is 0 Å². The van der Waals surface area contributed by atoms with E-state index in [0.29, 0.717) is 12.4 Å². The molecule has 0 saturated heterocycles. The fourth-order valence-corrected chi connectivity index (χ4v) is 1.48. The maximum atomic E-state index is 10.9. The van der Waals surface area contributed by atoms with Crippen molar-refractivity contribution in [1.82, 2.24) is 10.1 Å². The van der Waals surface area contributed by atoms with Gasteiger partial charge in [-0.2, -0.15) is 0 Å². The van der Waals surface area contributed by atoms with E-state index in [9.17, 15) is 4.79 Å². The topological polar surface area (TPSA) is 68.1 Å². The highest BCUT2D eigenvalue weighted by Crippen LogP contribution is 2.21. The Labute approximate surface area is 92.0 Å². The molecule has 1 unspecified atom stereocenters. The molecular formula is C11H12N2O3. The molecule has 0 aliphatic heterocycles. The van der Waals surface area contributed by atoms with Gasteiger partial charge < -0.3 is 4.74 Å². The predicted octanol–water partition coefficient (Wildman–Crippen LogP) is 1.49. The molecule has 0 spiro atoms. The van der Waals surface area contributed by atoms with Gasteiger partial charge in [-0.05, 0) is 12.5 Å². The van der Waals surface area contributed by atoms with Crippen molar-refractivity contribution in [2.24, 2.45) is 0 Å². The van der Waals surface area contributed by atoms with Crippen LogP contribution in [0.1, 0.15) is 24.4 Å². The van der Waals surface area contributed by atoms with Gasteiger partial charge in [-0.1, -0.05) is 35.5 Å². The maximum Gasteiger partial charge on any atom is 0.439 e. The number of benzene rings is 1. The second-order valence-electron chi connectivity index (χ2n) is 3.23. The van der Waals surface area contributed by atoms with Crippen molar-refractivity contribution in [2.45, 2.75) is 13.0 Å².